The maximum absolute atomic E-state index is 12.8. The van der Waals surface area contributed by atoms with Crippen molar-refractivity contribution in [1.29, 1.82) is 0 Å². The van der Waals surface area contributed by atoms with E-state index < -0.39 is 0 Å². The number of methoxy groups -OCH3 is 1. The highest BCUT2D eigenvalue weighted by atomic mass is 16.5. The van der Waals surface area contributed by atoms with E-state index in [9.17, 15) is 4.79 Å². The van der Waals surface area contributed by atoms with E-state index in [-0.39, 0.29) is 18.1 Å². The number of amides is 1. The lowest BCUT2D eigenvalue weighted by atomic mass is 9.78. The number of hydrogen-bond donors (Lipinski definition) is 1. The van der Waals surface area contributed by atoms with Crippen molar-refractivity contribution in [3.05, 3.63) is 35.3 Å². The first-order valence-electron chi connectivity index (χ1n) is 10.5. The second-order valence-electron chi connectivity index (χ2n) is 7.99. The zero-order valence-corrected chi connectivity index (χ0v) is 17.6. The average molecular weight is 399 g/mol. The van der Waals surface area contributed by atoms with Crippen molar-refractivity contribution < 1.29 is 9.53 Å². The molecule has 0 atom stereocenters. The first kappa shape index (κ1) is 19.8. The van der Waals surface area contributed by atoms with Crippen LogP contribution in [-0.4, -0.2) is 64.1 Å². The lowest BCUT2D eigenvalue weighted by Gasteiger charge is -2.50. The molecule has 0 aliphatic carbocycles. The monoisotopic (exact) mass is 398 g/mol. The molecule has 2 aromatic heterocycles. The minimum atomic E-state index is -0.367. The molecule has 1 amide bonds. The number of anilines is 1. The van der Waals surface area contributed by atoms with Crippen molar-refractivity contribution in [1.82, 2.24) is 24.8 Å². The number of hydrogen-bond acceptors (Lipinski definition) is 6. The number of carbonyl (C=O) groups excluding carboxylic acids is 1. The minimum absolute atomic E-state index is 0.0395. The van der Waals surface area contributed by atoms with E-state index >= 15 is 0 Å². The summed E-state index contributed by atoms with van der Waals surface area (Å²) in [6, 6.07) is 2.11. The number of aromatic nitrogens is 4. The molecule has 0 saturated carbocycles. The van der Waals surface area contributed by atoms with E-state index in [0.29, 0.717) is 6.54 Å². The molecule has 2 aliphatic heterocycles. The van der Waals surface area contributed by atoms with Crippen molar-refractivity contribution in [3.63, 3.8) is 0 Å². The summed E-state index contributed by atoms with van der Waals surface area (Å²) in [5.74, 6) is 1.84. The Labute approximate surface area is 171 Å². The number of imidazole rings is 1. The summed E-state index contributed by atoms with van der Waals surface area (Å²) in [4.78, 5) is 34.3. The quantitative estimate of drug-likeness (QED) is 0.829. The van der Waals surface area contributed by atoms with Crippen LogP contribution in [0.3, 0.4) is 0 Å². The fourth-order valence-electron chi connectivity index (χ4n) is 4.81. The first-order chi connectivity index (χ1) is 14.1. The van der Waals surface area contributed by atoms with Gasteiger partial charge < -0.3 is 19.5 Å². The van der Waals surface area contributed by atoms with Crippen molar-refractivity contribution in [3.8, 4) is 0 Å². The third-order valence-corrected chi connectivity index (χ3v) is 6.13. The van der Waals surface area contributed by atoms with Gasteiger partial charge in [0.05, 0.1) is 17.6 Å². The summed E-state index contributed by atoms with van der Waals surface area (Å²) in [5.41, 5.74) is 2.91. The molecule has 8 heteroatoms. The maximum Gasteiger partial charge on any atom is 0.249 e. The third-order valence-electron chi connectivity index (χ3n) is 6.13. The third kappa shape index (κ3) is 3.61. The Morgan fingerprint density at radius 3 is 2.79 bits per heavy atom. The number of H-pyrrole nitrogens is 1. The second-order valence-corrected chi connectivity index (χ2v) is 7.99. The van der Waals surface area contributed by atoms with Crippen molar-refractivity contribution >= 4 is 11.7 Å². The van der Waals surface area contributed by atoms with Crippen LogP contribution in [0, 0.1) is 6.92 Å². The fourth-order valence-corrected chi connectivity index (χ4v) is 4.81. The van der Waals surface area contributed by atoms with Crippen LogP contribution in [-0.2, 0) is 27.9 Å². The molecule has 1 fully saturated rings. The number of rotatable bonds is 5. The van der Waals surface area contributed by atoms with Crippen LogP contribution in [0.1, 0.15) is 49.1 Å². The minimum Gasteiger partial charge on any atom is -0.375 e. The first-order valence-corrected chi connectivity index (χ1v) is 10.5. The van der Waals surface area contributed by atoms with E-state index in [0.717, 1.165) is 73.9 Å². The molecule has 2 aliphatic rings. The van der Waals surface area contributed by atoms with Gasteiger partial charge in [-0.25, -0.2) is 15.0 Å². The van der Waals surface area contributed by atoms with Crippen LogP contribution in [0.2, 0.25) is 0 Å². The normalized spacial score (nSPS) is 18.2. The molecule has 8 nitrogen and oxygen atoms in total. The van der Waals surface area contributed by atoms with Crippen LogP contribution in [0.25, 0.3) is 0 Å². The average Bonchev–Trinajstić information content (AvgIpc) is 3.19. The maximum atomic E-state index is 12.8. The van der Waals surface area contributed by atoms with Crippen molar-refractivity contribution in [2.45, 2.75) is 51.5 Å². The van der Waals surface area contributed by atoms with Gasteiger partial charge in [-0.1, -0.05) is 13.3 Å². The Kier molecular flexibility index (Phi) is 5.54. The molecule has 0 unspecified atom stereocenters. The summed E-state index contributed by atoms with van der Waals surface area (Å²) in [7, 11) is 1.57. The van der Waals surface area contributed by atoms with Crippen LogP contribution in [0.5, 0.6) is 0 Å². The Morgan fingerprint density at radius 2 is 2.07 bits per heavy atom. The lowest BCUT2D eigenvalue weighted by Crippen LogP contribution is -2.59. The van der Waals surface area contributed by atoms with Gasteiger partial charge in [0.1, 0.15) is 18.2 Å². The summed E-state index contributed by atoms with van der Waals surface area (Å²) in [6.07, 6.45) is 6.25. The number of aryl methyl sites for hydroxylation is 2. The lowest BCUT2D eigenvalue weighted by molar-refractivity contribution is -0.144. The standard InChI is InChI=1S/C21H30N6O2/c1-4-5-16-12-18(25-15(2)24-16)26-10-7-21(8-11-26)20-17(22-14-23-20)6-9-27(21)19(28)13-29-3/h12,14H,4-11,13H2,1-3H3,(H,22,23). The number of fused-ring (bicyclic) bond motifs is 2. The topological polar surface area (TPSA) is 87.2 Å². The van der Waals surface area contributed by atoms with Crippen molar-refractivity contribution in [2.24, 2.45) is 0 Å². The molecule has 29 heavy (non-hydrogen) atoms. The summed E-state index contributed by atoms with van der Waals surface area (Å²) in [5, 5.41) is 0. The molecule has 156 valence electrons. The smallest absolute Gasteiger partial charge is 0.249 e. The van der Waals surface area contributed by atoms with Gasteiger partial charge in [-0.05, 0) is 26.2 Å². The SMILES string of the molecule is CCCc1cc(N2CCC3(CC2)c2nc[nH]c2CCN3C(=O)COC)nc(C)n1. The molecule has 0 bridgehead atoms. The Hall–Kier alpha value is -2.48. The van der Waals surface area contributed by atoms with Gasteiger partial charge in [0.15, 0.2) is 0 Å². The zero-order chi connectivity index (χ0) is 20.4. The number of carbonyl (C=O) groups is 1. The van der Waals surface area contributed by atoms with Gasteiger partial charge in [-0.2, -0.15) is 0 Å². The Balaban J connectivity index is 1.60. The summed E-state index contributed by atoms with van der Waals surface area (Å²) >= 11 is 0. The van der Waals surface area contributed by atoms with Gasteiger partial charge in [-0.15, -0.1) is 0 Å². The molecule has 2 aromatic rings. The van der Waals surface area contributed by atoms with Gasteiger partial charge in [-0.3, -0.25) is 4.79 Å². The van der Waals surface area contributed by atoms with E-state index in [1.807, 2.05) is 11.8 Å². The molecule has 4 rings (SSSR count). The second kappa shape index (κ2) is 8.10. The number of piperidine rings is 1. The zero-order valence-electron chi connectivity index (χ0n) is 17.6. The molecule has 1 N–H and O–H groups in total. The van der Waals surface area contributed by atoms with Gasteiger partial charge in [0.25, 0.3) is 0 Å². The van der Waals surface area contributed by atoms with Crippen LogP contribution in [0.4, 0.5) is 5.82 Å². The van der Waals surface area contributed by atoms with E-state index in [2.05, 4.69) is 37.8 Å². The molecule has 4 heterocycles. The summed E-state index contributed by atoms with van der Waals surface area (Å²) in [6.45, 7) is 6.58. The predicted molar refractivity (Wildman–Crippen MR) is 110 cm³/mol. The van der Waals surface area contributed by atoms with Crippen molar-refractivity contribution in [2.75, 3.05) is 38.3 Å². The highest BCUT2D eigenvalue weighted by Crippen LogP contribution is 2.42. The van der Waals surface area contributed by atoms with E-state index in [4.69, 9.17) is 4.74 Å². The molecule has 0 radical (unpaired) electrons. The highest BCUT2D eigenvalue weighted by molar-refractivity contribution is 5.79. The molecular formula is C21H30N6O2. The van der Waals surface area contributed by atoms with Gasteiger partial charge in [0, 0.05) is 50.6 Å². The predicted octanol–water partition coefficient (Wildman–Crippen LogP) is 1.99. The number of ether oxygens (including phenoxy) is 1. The van der Waals surface area contributed by atoms with E-state index in [1.165, 1.54) is 0 Å². The van der Waals surface area contributed by atoms with Crippen LogP contribution < -0.4 is 4.90 Å². The Bertz CT molecular complexity index is 872. The Morgan fingerprint density at radius 1 is 1.28 bits per heavy atom. The van der Waals surface area contributed by atoms with Gasteiger partial charge >= 0.3 is 0 Å². The largest absolute Gasteiger partial charge is 0.375 e. The van der Waals surface area contributed by atoms with Gasteiger partial charge in [0.2, 0.25) is 5.91 Å². The van der Waals surface area contributed by atoms with Crippen LogP contribution >= 0.6 is 0 Å². The summed E-state index contributed by atoms with van der Waals surface area (Å²) < 4.78 is 5.15. The molecular weight excluding hydrogens is 368 g/mol. The molecule has 1 spiro atoms. The van der Waals surface area contributed by atoms with E-state index in [1.54, 1.807) is 13.4 Å². The fraction of sp³-hybridized carbons (Fsp3) is 0.619. The molecule has 0 aromatic carbocycles. The highest BCUT2D eigenvalue weighted by Gasteiger charge is 2.48. The number of nitrogens with one attached hydrogen (secondary N) is 1. The number of aromatic amines is 1. The molecule has 1 saturated heterocycles. The number of nitrogens with zero attached hydrogens (tertiary/aromatic N) is 5. The van der Waals surface area contributed by atoms with Crippen LogP contribution in [0.15, 0.2) is 12.4 Å².